The topological polar surface area (TPSA) is 87.7 Å². The molecule has 0 spiro atoms. The second-order valence-electron chi connectivity index (χ2n) is 2.34. The molecule has 0 saturated carbocycles. The fourth-order valence-corrected chi connectivity index (χ4v) is 1.03. The van der Waals surface area contributed by atoms with E-state index in [2.05, 4.69) is 4.79 Å². The van der Waals surface area contributed by atoms with Gasteiger partial charge in [-0.05, 0) is 5.53 Å². The van der Waals surface area contributed by atoms with Crippen molar-refractivity contribution in [3.05, 3.63) is 0 Å². The highest BCUT2D eigenvalue weighted by Gasteiger charge is 2.31. The number of nitrogens with zero attached hydrogens (tertiary/aromatic N) is 2. The summed E-state index contributed by atoms with van der Waals surface area (Å²) in [6, 6.07) is 0. The van der Waals surface area contributed by atoms with Crippen molar-refractivity contribution in [2.24, 2.45) is 0 Å². The van der Waals surface area contributed by atoms with Crippen LogP contribution in [0.25, 0.3) is 0 Å². The normalized spacial score (nSPS) is 16.8. The predicted molar refractivity (Wildman–Crippen MR) is 38.0 cm³/mol. The molecule has 0 aromatic carbocycles. The van der Waals surface area contributed by atoms with E-state index >= 15 is 0 Å². The third-order valence-corrected chi connectivity index (χ3v) is 1.61. The lowest BCUT2D eigenvalue weighted by molar-refractivity contribution is -0.157. The fraction of sp³-hybridized carbons (Fsp3) is 0.667. The molecule has 1 fully saturated rings. The Morgan fingerprint density at radius 2 is 2.08 bits per heavy atom. The maximum Gasteiger partial charge on any atom is 0.486 e. The lowest BCUT2D eigenvalue weighted by atomic mass is 10.4. The highest BCUT2D eigenvalue weighted by molar-refractivity contribution is 6.31. The number of carboxylic acids is 1. The Balaban J connectivity index is 2.65. The van der Waals surface area contributed by atoms with Crippen LogP contribution in [0.1, 0.15) is 0 Å². The van der Waals surface area contributed by atoms with Gasteiger partial charge in [0.1, 0.15) is 13.1 Å². The van der Waals surface area contributed by atoms with E-state index in [9.17, 15) is 4.79 Å². The van der Waals surface area contributed by atoms with Gasteiger partial charge in [-0.15, -0.1) is 0 Å². The number of rotatable bonds is 0. The van der Waals surface area contributed by atoms with Gasteiger partial charge in [-0.1, -0.05) is 4.79 Å². The van der Waals surface area contributed by atoms with E-state index in [4.69, 9.17) is 15.4 Å². The third kappa shape index (κ3) is 1.81. The van der Waals surface area contributed by atoms with Gasteiger partial charge in [0.25, 0.3) is 0 Å². The fourth-order valence-electron chi connectivity index (χ4n) is 1.03. The van der Waals surface area contributed by atoms with E-state index in [0.29, 0.717) is 26.3 Å². The Morgan fingerprint density at radius 1 is 1.50 bits per heavy atom. The number of hydrogen-bond acceptors (Lipinski definition) is 3. The molecule has 0 amide bonds. The van der Waals surface area contributed by atoms with Crippen LogP contribution in [0, 0.1) is 5.53 Å². The number of carboxylic acid groups (broad SMARTS) is 1. The smallest absolute Gasteiger partial charge is 0.471 e. The first-order valence-electron chi connectivity index (χ1n) is 3.56. The van der Waals surface area contributed by atoms with Gasteiger partial charge < -0.3 is 9.84 Å². The van der Waals surface area contributed by atoms with E-state index in [1.54, 1.807) is 0 Å². The second kappa shape index (κ2) is 3.85. The van der Waals surface area contributed by atoms with Crippen molar-refractivity contribution < 1.29 is 19.4 Å². The zero-order valence-electron chi connectivity index (χ0n) is 6.49. The highest BCUT2D eigenvalue weighted by Crippen LogP contribution is 1.96. The van der Waals surface area contributed by atoms with Gasteiger partial charge in [-0.2, -0.15) is 0 Å². The average molecular weight is 172 g/mol. The number of amidine groups is 1. The van der Waals surface area contributed by atoms with Crippen LogP contribution in [-0.2, 0) is 9.53 Å². The van der Waals surface area contributed by atoms with Crippen LogP contribution < -0.4 is 0 Å². The molecule has 6 nitrogen and oxygen atoms in total. The minimum atomic E-state index is -1.16. The Morgan fingerprint density at radius 3 is 2.50 bits per heavy atom. The van der Waals surface area contributed by atoms with E-state index in [0.717, 1.165) is 0 Å². The zero-order chi connectivity index (χ0) is 8.97. The largest absolute Gasteiger partial charge is 0.486 e. The van der Waals surface area contributed by atoms with Crippen molar-refractivity contribution >= 4 is 11.8 Å². The molecule has 1 aliphatic heterocycles. The second-order valence-corrected chi connectivity index (χ2v) is 2.34. The van der Waals surface area contributed by atoms with Gasteiger partial charge in [0.05, 0.1) is 13.2 Å². The van der Waals surface area contributed by atoms with Crippen LogP contribution in [0.3, 0.4) is 0 Å². The molecule has 0 unspecified atom stereocenters. The maximum absolute atomic E-state index is 10.5. The summed E-state index contributed by atoms with van der Waals surface area (Å²) in [6.07, 6.45) is 0. The molecule has 6 heteroatoms. The molecule has 1 rings (SSSR count). The third-order valence-electron chi connectivity index (χ3n) is 1.61. The minimum absolute atomic E-state index is 0.210. The van der Waals surface area contributed by atoms with E-state index in [1.807, 2.05) is 0 Å². The van der Waals surface area contributed by atoms with Gasteiger partial charge in [0.15, 0.2) is 0 Å². The molecular weight excluding hydrogens is 162 g/mol. The van der Waals surface area contributed by atoms with Gasteiger partial charge in [0.2, 0.25) is 0 Å². The zero-order valence-corrected chi connectivity index (χ0v) is 6.49. The van der Waals surface area contributed by atoms with Crippen molar-refractivity contribution in [3.63, 3.8) is 0 Å². The molecular formula is C6H10N3O3+. The summed E-state index contributed by atoms with van der Waals surface area (Å²) in [5.41, 5.74) is 6.65. The lowest BCUT2D eigenvalue weighted by Crippen LogP contribution is -2.44. The molecule has 12 heavy (non-hydrogen) atoms. The molecule has 1 aliphatic rings. The molecule has 1 heterocycles. The van der Waals surface area contributed by atoms with Crippen molar-refractivity contribution in [1.29, 1.82) is 5.53 Å². The summed E-state index contributed by atoms with van der Waals surface area (Å²) in [4.78, 5) is 15.0. The maximum atomic E-state index is 10.5. The van der Waals surface area contributed by atoms with E-state index in [1.165, 1.54) is 4.90 Å². The molecule has 0 aromatic heterocycles. The standard InChI is InChI=1S/C6H9N3O3/c7-8-5(6(10)11)9-1-3-12-4-2-9/h7H,1-4H2/p+1. The van der Waals surface area contributed by atoms with Crippen LogP contribution >= 0.6 is 0 Å². The van der Waals surface area contributed by atoms with Crippen molar-refractivity contribution in [2.45, 2.75) is 0 Å². The molecule has 0 bridgehead atoms. The van der Waals surface area contributed by atoms with Gasteiger partial charge in [0, 0.05) is 0 Å². The summed E-state index contributed by atoms with van der Waals surface area (Å²) in [6.45, 7) is 1.96. The molecule has 66 valence electrons. The quantitative estimate of drug-likeness (QED) is 0.213. The van der Waals surface area contributed by atoms with Crippen LogP contribution in [0.5, 0.6) is 0 Å². The number of hydrogen-bond donors (Lipinski definition) is 2. The SMILES string of the molecule is N=[N+]=C(C(=O)O)N1CCOCC1. The summed E-state index contributed by atoms with van der Waals surface area (Å²) in [5, 5.41) is 8.59. The summed E-state index contributed by atoms with van der Waals surface area (Å²) >= 11 is 0. The number of ether oxygens (including phenoxy) is 1. The average Bonchev–Trinajstić information content (AvgIpc) is 2.07. The minimum Gasteiger partial charge on any atom is -0.471 e. The molecule has 1 saturated heterocycles. The van der Waals surface area contributed by atoms with E-state index in [-0.39, 0.29) is 5.84 Å². The Hall–Kier alpha value is -1.39. The summed E-state index contributed by atoms with van der Waals surface area (Å²) < 4.78 is 5.02. The van der Waals surface area contributed by atoms with E-state index < -0.39 is 5.97 Å². The molecule has 0 radical (unpaired) electrons. The first-order chi connectivity index (χ1) is 5.75. The summed E-state index contributed by atoms with van der Waals surface area (Å²) in [5.74, 6) is -1.37. The first kappa shape index (κ1) is 8.70. The van der Waals surface area contributed by atoms with Crippen LogP contribution in [0.4, 0.5) is 0 Å². The summed E-state index contributed by atoms with van der Waals surface area (Å²) in [7, 11) is 0. The lowest BCUT2D eigenvalue weighted by Gasteiger charge is -2.18. The van der Waals surface area contributed by atoms with Gasteiger partial charge in [-0.3, -0.25) is 0 Å². The van der Waals surface area contributed by atoms with Crippen LogP contribution in [0.15, 0.2) is 0 Å². The molecule has 0 aliphatic carbocycles. The number of morpholine rings is 1. The van der Waals surface area contributed by atoms with Crippen LogP contribution in [0.2, 0.25) is 0 Å². The molecule has 0 atom stereocenters. The monoisotopic (exact) mass is 172 g/mol. The number of carbonyl (C=O) groups is 1. The molecule has 0 aromatic rings. The Bertz CT molecular complexity index is 228. The van der Waals surface area contributed by atoms with Crippen molar-refractivity contribution in [2.75, 3.05) is 26.3 Å². The first-order valence-corrected chi connectivity index (χ1v) is 3.56. The Labute approximate surface area is 69.0 Å². The van der Waals surface area contributed by atoms with Crippen molar-refractivity contribution in [3.8, 4) is 0 Å². The van der Waals surface area contributed by atoms with Crippen molar-refractivity contribution in [1.82, 2.24) is 4.90 Å². The van der Waals surface area contributed by atoms with Crippen LogP contribution in [-0.4, -0.2) is 52.9 Å². The van der Waals surface area contributed by atoms with Gasteiger partial charge in [-0.25, -0.2) is 9.69 Å². The predicted octanol–water partition coefficient (Wildman–Crippen LogP) is -0.959. The number of aliphatic carboxylic acids is 1. The highest BCUT2D eigenvalue weighted by atomic mass is 16.5. The molecule has 2 N–H and O–H groups in total. The Kier molecular flexibility index (Phi) is 2.79. The van der Waals surface area contributed by atoms with Gasteiger partial charge >= 0.3 is 11.8 Å². The number of nitrogens with one attached hydrogen (secondary N) is 1.